The SMILES string of the molecule is COc1ccc(C(=O)OCc2nc(-c3ccccc3OC)no2)c(OC)c1. The van der Waals surface area contributed by atoms with E-state index in [0.29, 0.717) is 28.6 Å². The van der Waals surface area contributed by atoms with Crippen LogP contribution in [0.4, 0.5) is 0 Å². The Morgan fingerprint density at radius 2 is 1.78 bits per heavy atom. The lowest BCUT2D eigenvalue weighted by atomic mass is 10.2. The molecule has 8 heteroatoms. The first kappa shape index (κ1) is 18.2. The predicted octanol–water partition coefficient (Wildman–Crippen LogP) is 3.12. The van der Waals surface area contributed by atoms with Gasteiger partial charge in [0.05, 0.1) is 26.9 Å². The third-order valence-corrected chi connectivity index (χ3v) is 3.77. The van der Waals surface area contributed by atoms with Crippen LogP contribution in [0, 0.1) is 0 Å². The number of nitrogens with zero attached hydrogens (tertiary/aromatic N) is 2. The Bertz CT molecular complexity index is 937. The van der Waals surface area contributed by atoms with Gasteiger partial charge < -0.3 is 23.5 Å². The lowest BCUT2D eigenvalue weighted by Gasteiger charge is -2.09. The van der Waals surface area contributed by atoms with Gasteiger partial charge >= 0.3 is 5.97 Å². The second-order valence-electron chi connectivity index (χ2n) is 5.35. The number of carbonyl (C=O) groups is 1. The lowest BCUT2D eigenvalue weighted by Crippen LogP contribution is -2.07. The van der Waals surface area contributed by atoms with Crippen LogP contribution in [0.15, 0.2) is 47.0 Å². The van der Waals surface area contributed by atoms with Crippen molar-refractivity contribution in [2.45, 2.75) is 6.61 Å². The van der Waals surface area contributed by atoms with Crippen LogP contribution < -0.4 is 14.2 Å². The molecule has 3 rings (SSSR count). The van der Waals surface area contributed by atoms with Crippen LogP contribution in [-0.4, -0.2) is 37.4 Å². The molecule has 140 valence electrons. The van der Waals surface area contributed by atoms with Gasteiger partial charge in [0.15, 0.2) is 6.61 Å². The van der Waals surface area contributed by atoms with Crippen molar-refractivity contribution in [3.8, 4) is 28.6 Å². The standard InChI is InChI=1S/C19H18N2O6/c1-23-12-8-9-14(16(10-12)25-3)19(22)26-11-17-20-18(21-27-17)13-6-4-5-7-15(13)24-2/h4-10H,11H2,1-3H3. The van der Waals surface area contributed by atoms with Crippen LogP contribution in [0.1, 0.15) is 16.2 Å². The van der Waals surface area contributed by atoms with Crippen molar-refractivity contribution in [1.82, 2.24) is 10.1 Å². The number of rotatable bonds is 7. The van der Waals surface area contributed by atoms with E-state index >= 15 is 0 Å². The summed E-state index contributed by atoms with van der Waals surface area (Å²) in [5, 5.41) is 3.90. The summed E-state index contributed by atoms with van der Waals surface area (Å²) in [6.45, 7) is -0.170. The fraction of sp³-hybridized carbons (Fsp3) is 0.211. The number of esters is 1. The topological polar surface area (TPSA) is 92.9 Å². The minimum Gasteiger partial charge on any atom is -0.497 e. The molecule has 0 aliphatic heterocycles. The van der Waals surface area contributed by atoms with Crippen molar-refractivity contribution in [3.63, 3.8) is 0 Å². The van der Waals surface area contributed by atoms with E-state index in [-0.39, 0.29) is 18.1 Å². The molecule has 0 unspecified atom stereocenters. The number of aromatic nitrogens is 2. The van der Waals surface area contributed by atoms with Crippen molar-refractivity contribution in [2.24, 2.45) is 0 Å². The maximum absolute atomic E-state index is 12.3. The molecule has 1 heterocycles. The van der Waals surface area contributed by atoms with Gasteiger partial charge in [0, 0.05) is 6.07 Å². The van der Waals surface area contributed by atoms with E-state index in [1.807, 2.05) is 18.2 Å². The van der Waals surface area contributed by atoms with E-state index in [1.165, 1.54) is 14.2 Å². The number of hydrogen-bond acceptors (Lipinski definition) is 8. The minimum absolute atomic E-state index is 0.164. The van der Waals surface area contributed by atoms with Gasteiger partial charge in [-0.3, -0.25) is 0 Å². The molecule has 0 saturated carbocycles. The molecule has 0 spiro atoms. The van der Waals surface area contributed by atoms with Gasteiger partial charge in [-0.25, -0.2) is 4.79 Å². The number of methoxy groups -OCH3 is 3. The molecule has 0 N–H and O–H groups in total. The largest absolute Gasteiger partial charge is 0.497 e. The van der Waals surface area contributed by atoms with E-state index in [9.17, 15) is 4.79 Å². The number of hydrogen-bond donors (Lipinski definition) is 0. The maximum Gasteiger partial charge on any atom is 0.342 e. The third-order valence-electron chi connectivity index (χ3n) is 3.77. The molecule has 27 heavy (non-hydrogen) atoms. The number of carbonyl (C=O) groups excluding carboxylic acids is 1. The first-order valence-electron chi connectivity index (χ1n) is 8.01. The molecule has 0 aliphatic carbocycles. The summed E-state index contributed by atoms with van der Waals surface area (Å²) >= 11 is 0. The van der Waals surface area contributed by atoms with E-state index in [4.69, 9.17) is 23.5 Å². The smallest absolute Gasteiger partial charge is 0.342 e. The Morgan fingerprint density at radius 1 is 1.00 bits per heavy atom. The number of benzene rings is 2. The van der Waals surface area contributed by atoms with E-state index < -0.39 is 5.97 Å². The molecule has 0 bridgehead atoms. The van der Waals surface area contributed by atoms with Crippen LogP contribution in [0.5, 0.6) is 17.2 Å². The molecule has 8 nitrogen and oxygen atoms in total. The molecular formula is C19H18N2O6. The summed E-state index contributed by atoms with van der Waals surface area (Å²) in [5.74, 6) is 1.47. The number of ether oxygens (including phenoxy) is 4. The lowest BCUT2D eigenvalue weighted by molar-refractivity contribution is 0.0426. The second kappa shape index (κ2) is 8.22. The van der Waals surface area contributed by atoms with Crippen molar-refractivity contribution in [1.29, 1.82) is 0 Å². The van der Waals surface area contributed by atoms with Gasteiger partial charge in [-0.15, -0.1) is 0 Å². The van der Waals surface area contributed by atoms with Crippen LogP contribution in [-0.2, 0) is 11.3 Å². The fourth-order valence-electron chi connectivity index (χ4n) is 2.42. The summed E-state index contributed by atoms with van der Waals surface area (Å²) < 4.78 is 26.0. The van der Waals surface area contributed by atoms with E-state index in [2.05, 4.69) is 10.1 Å². The Hall–Kier alpha value is -3.55. The molecule has 2 aromatic carbocycles. The van der Waals surface area contributed by atoms with Gasteiger partial charge in [0.1, 0.15) is 22.8 Å². The third kappa shape index (κ3) is 4.00. The van der Waals surface area contributed by atoms with Gasteiger partial charge in [0.2, 0.25) is 5.82 Å². The van der Waals surface area contributed by atoms with Gasteiger partial charge in [-0.05, 0) is 24.3 Å². The average molecular weight is 370 g/mol. The molecular weight excluding hydrogens is 352 g/mol. The Balaban J connectivity index is 1.71. The van der Waals surface area contributed by atoms with Gasteiger partial charge in [0.25, 0.3) is 5.89 Å². The van der Waals surface area contributed by atoms with E-state index in [1.54, 1.807) is 31.4 Å². The molecule has 0 amide bonds. The molecule has 0 atom stereocenters. The van der Waals surface area contributed by atoms with Gasteiger partial charge in [-0.2, -0.15) is 4.98 Å². The predicted molar refractivity (Wildman–Crippen MR) is 95.0 cm³/mol. The summed E-state index contributed by atoms with van der Waals surface area (Å²) in [6, 6.07) is 12.1. The Kier molecular flexibility index (Phi) is 5.55. The van der Waals surface area contributed by atoms with Crippen molar-refractivity contribution >= 4 is 5.97 Å². The van der Waals surface area contributed by atoms with Crippen LogP contribution in [0.25, 0.3) is 11.4 Å². The normalized spacial score (nSPS) is 10.3. The van der Waals surface area contributed by atoms with E-state index in [0.717, 1.165) is 0 Å². The summed E-state index contributed by atoms with van der Waals surface area (Å²) in [6.07, 6.45) is 0. The zero-order valence-electron chi connectivity index (χ0n) is 15.1. The molecule has 0 radical (unpaired) electrons. The van der Waals surface area contributed by atoms with Crippen molar-refractivity contribution < 1.29 is 28.3 Å². The van der Waals surface area contributed by atoms with Crippen LogP contribution in [0.3, 0.4) is 0 Å². The first-order valence-corrected chi connectivity index (χ1v) is 8.01. The summed E-state index contributed by atoms with van der Waals surface area (Å²) in [7, 11) is 4.55. The zero-order valence-corrected chi connectivity index (χ0v) is 15.1. The average Bonchev–Trinajstić information content (AvgIpc) is 3.20. The Morgan fingerprint density at radius 3 is 2.52 bits per heavy atom. The van der Waals surface area contributed by atoms with Gasteiger partial charge in [-0.1, -0.05) is 17.3 Å². The highest BCUT2D eigenvalue weighted by molar-refractivity contribution is 5.92. The summed E-state index contributed by atoms with van der Waals surface area (Å²) in [4.78, 5) is 16.6. The second-order valence-corrected chi connectivity index (χ2v) is 5.35. The van der Waals surface area contributed by atoms with Crippen LogP contribution >= 0.6 is 0 Å². The molecule has 0 aliphatic rings. The Labute approximate surface area is 155 Å². The molecule has 1 aromatic heterocycles. The zero-order chi connectivity index (χ0) is 19.2. The first-order chi connectivity index (χ1) is 13.2. The highest BCUT2D eigenvalue weighted by Crippen LogP contribution is 2.28. The monoisotopic (exact) mass is 370 g/mol. The molecule has 0 saturated heterocycles. The summed E-state index contributed by atoms with van der Waals surface area (Å²) in [5.41, 5.74) is 0.945. The molecule has 0 fully saturated rings. The highest BCUT2D eigenvalue weighted by atomic mass is 16.6. The fourth-order valence-corrected chi connectivity index (χ4v) is 2.42. The number of para-hydroxylation sites is 1. The molecule has 3 aromatic rings. The highest BCUT2D eigenvalue weighted by Gasteiger charge is 2.18. The quantitative estimate of drug-likeness (QED) is 0.586. The minimum atomic E-state index is -0.577. The van der Waals surface area contributed by atoms with Crippen molar-refractivity contribution in [2.75, 3.05) is 21.3 Å². The van der Waals surface area contributed by atoms with Crippen molar-refractivity contribution in [3.05, 3.63) is 53.9 Å². The maximum atomic E-state index is 12.3. The van der Waals surface area contributed by atoms with Crippen LogP contribution in [0.2, 0.25) is 0 Å².